The summed E-state index contributed by atoms with van der Waals surface area (Å²) in [5.41, 5.74) is 13.4. The minimum atomic E-state index is -0.993. The number of carbonyl (C=O) groups is 1. The fourth-order valence-electron chi connectivity index (χ4n) is 2.97. The number of nitrogens with two attached hydrogens (primary N) is 2. The topological polar surface area (TPSA) is 105 Å². The van der Waals surface area contributed by atoms with Crippen LogP contribution in [0.2, 0.25) is 0 Å². The van der Waals surface area contributed by atoms with Gasteiger partial charge in [-0.1, -0.05) is 13.3 Å². The Morgan fingerprint density at radius 3 is 2.95 bits per heavy atom. The van der Waals surface area contributed by atoms with Crippen molar-refractivity contribution in [1.29, 1.82) is 0 Å². The minimum absolute atomic E-state index is 0.176. The zero-order valence-corrected chi connectivity index (χ0v) is 13.3. The number of aromatic nitrogens is 1. The molecule has 0 bridgehead atoms. The molecule has 7 heteroatoms. The SMILES string of the molecule is CCCc1cc(N2CC[C@H](N)C2)nc2sc(C(=O)O)c(N)c12. The van der Waals surface area contributed by atoms with Crippen LogP contribution in [0.4, 0.5) is 11.5 Å². The van der Waals surface area contributed by atoms with Crippen molar-refractivity contribution in [2.75, 3.05) is 23.7 Å². The van der Waals surface area contributed by atoms with E-state index in [1.165, 1.54) is 0 Å². The highest BCUT2D eigenvalue weighted by Gasteiger charge is 2.24. The Morgan fingerprint density at radius 1 is 1.59 bits per heavy atom. The Labute approximate surface area is 132 Å². The lowest BCUT2D eigenvalue weighted by atomic mass is 10.1. The van der Waals surface area contributed by atoms with Gasteiger partial charge in [-0.25, -0.2) is 9.78 Å². The maximum absolute atomic E-state index is 11.3. The summed E-state index contributed by atoms with van der Waals surface area (Å²) < 4.78 is 0. The number of fused-ring (bicyclic) bond motifs is 1. The summed E-state index contributed by atoms with van der Waals surface area (Å²) in [7, 11) is 0. The summed E-state index contributed by atoms with van der Waals surface area (Å²) in [6.45, 7) is 3.77. The second kappa shape index (κ2) is 5.73. The number of hydrogen-bond donors (Lipinski definition) is 3. The first-order valence-corrected chi connectivity index (χ1v) is 8.28. The average Bonchev–Trinajstić information content (AvgIpc) is 3.03. The zero-order chi connectivity index (χ0) is 15.9. The van der Waals surface area contributed by atoms with Gasteiger partial charge < -0.3 is 21.5 Å². The first-order chi connectivity index (χ1) is 10.5. The van der Waals surface area contributed by atoms with Crippen molar-refractivity contribution in [1.82, 2.24) is 4.98 Å². The van der Waals surface area contributed by atoms with Crippen LogP contribution in [0.3, 0.4) is 0 Å². The van der Waals surface area contributed by atoms with Crippen molar-refractivity contribution in [3.05, 3.63) is 16.5 Å². The monoisotopic (exact) mass is 320 g/mol. The lowest BCUT2D eigenvalue weighted by molar-refractivity contribution is 0.0703. The van der Waals surface area contributed by atoms with Crippen LogP contribution in [0.25, 0.3) is 10.2 Å². The van der Waals surface area contributed by atoms with Gasteiger partial charge in [-0.15, -0.1) is 11.3 Å². The predicted molar refractivity (Wildman–Crippen MR) is 89.8 cm³/mol. The molecule has 1 saturated heterocycles. The van der Waals surface area contributed by atoms with Gasteiger partial charge in [0.1, 0.15) is 15.5 Å². The molecule has 0 spiro atoms. The smallest absolute Gasteiger partial charge is 0.348 e. The van der Waals surface area contributed by atoms with Crippen LogP contribution in [0, 0.1) is 0 Å². The number of carboxylic acid groups (broad SMARTS) is 1. The van der Waals surface area contributed by atoms with Crippen LogP contribution in [-0.2, 0) is 6.42 Å². The molecule has 2 aromatic heterocycles. The molecular formula is C15H20N4O2S. The molecule has 3 heterocycles. The molecule has 0 unspecified atom stereocenters. The number of hydrogen-bond acceptors (Lipinski definition) is 6. The van der Waals surface area contributed by atoms with Crippen molar-refractivity contribution in [3.63, 3.8) is 0 Å². The molecule has 0 aromatic carbocycles. The standard InChI is InChI=1S/C15H20N4O2S/c1-2-3-8-6-10(19-5-4-9(16)7-19)18-14-11(8)12(17)13(22-14)15(20)21/h6,9H,2-5,7,16-17H2,1H3,(H,20,21)/t9-/m0/s1. The lowest BCUT2D eigenvalue weighted by Gasteiger charge is -2.18. The van der Waals surface area contributed by atoms with E-state index in [0.29, 0.717) is 10.5 Å². The van der Waals surface area contributed by atoms with Gasteiger partial charge in [0.15, 0.2) is 0 Å². The Bertz CT molecular complexity index is 728. The van der Waals surface area contributed by atoms with E-state index in [2.05, 4.69) is 16.8 Å². The first-order valence-electron chi connectivity index (χ1n) is 7.47. The molecule has 1 atom stereocenters. The Balaban J connectivity index is 2.14. The fourth-order valence-corrected chi connectivity index (χ4v) is 3.94. The summed E-state index contributed by atoms with van der Waals surface area (Å²) in [4.78, 5) is 19.0. The van der Waals surface area contributed by atoms with E-state index in [9.17, 15) is 9.90 Å². The molecule has 118 valence electrons. The average molecular weight is 320 g/mol. The molecule has 5 N–H and O–H groups in total. The van der Waals surface area contributed by atoms with Crippen LogP contribution in [0.5, 0.6) is 0 Å². The van der Waals surface area contributed by atoms with E-state index in [-0.39, 0.29) is 10.9 Å². The van der Waals surface area contributed by atoms with E-state index in [0.717, 1.165) is 60.5 Å². The molecule has 1 aliphatic heterocycles. The summed E-state index contributed by atoms with van der Waals surface area (Å²) in [5.74, 6) is -0.116. The third kappa shape index (κ3) is 2.50. The van der Waals surface area contributed by atoms with Crippen LogP contribution in [0.1, 0.15) is 35.0 Å². The largest absolute Gasteiger partial charge is 0.477 e. The van der Waals surface area contributed by atoms with Crippen molar-refractivity contribution in [3.8, 4) is 0 Å². The predicted octanol–water partition coefficient (Wildman–Crippen LogP) is 2.07. The van der Waals surface area contributed by atoms with Crippen LogP contribution in [-0.4, -0.2) is 35.2 Å². The Morgan fingerprint density at radius 2 is 2.36 bits per heavy atom. The van der Waals surface area contributed by atoms with Gasteiger partial charge in [0, 0.05) is 24.5 Å². The summed E-state index contributed by atoms with van der Waals surface area (Å²) in [6.07, 6.45) is 2.78. The zero-order valence-electron chi connectivity index (χ0n) is 12.5. The van der Waals surface area contributed by atoms with Crippen LogP contribution in [0.15, 0.2) is 6.07 Å². The van der Waals surface area contributed by atoms with E-state index in [4.69, 9.17) is 11.5 Å². The molecule has 0 aliphatic carbocycles. The number of thiophene rings is 1. The van der Waals surface area contributed by atoms with Crippen LogP contribution >= 0.6 is 11.3 Å². The normalized spacial score (nSPS) is 18.3. The van der Waals surface area contributed by atoms with E-state index >= 15 is 0 Å². The Hall–Kier alpha value is -1.86. The quantitative estimate of drug-likeness (QED) is 0.796. The van der Waals surface area contributed by atoms with Gasteiger partial charge in [-0.05, 0) is 24.5 Å². The molecule has 0 saturated carbocycles. The van der Waals surface area contributed by atoms with Crippen molar-refractivity contribution in [2.45, 2.75) is 32.2 Å². The molecule has 2 aromatic rings. The molecule has 1 fully saturated rings. The van der Waals surface area contributed by atoms with Gasteiger partial charge in [-0.3, -0.25) is 0 Å². The number of carboxylic acids is 1. The number of anilines is 2. The number of aryl methyl sites for hydroxylation is 1. The third-order valence-electron chi connectivity index (χ3n) is 4.03. The number of pyridine rings is 1. The van der Waals surface area contributed by atoms with Gasteiger partial charge in [0.05, 0.1) is 5.69 Å². The summed E-state index contributed by atoms with van der Waals surface area (Å²) in [5, 5.41) is 10.1. The summed E-state index contributed by atoms with van der Waals surface area (Å²) >= 11 is 1.15. The summed E-state index contributed by atoms with van der Waals surface area (Å²) in [6, 6.07) is 2.22. The Kier molecular flexibility index (Phi) is 3.92. The molecule has 0 amide bonds. The van der Waals surface area contributed by atoms with Crippen molar-refractivity contribution >= 4 is 39.0 Å². The van der Waals surface area contributed by atoms with Gasteiger partial charge >= 0.3 is 5.97 Å². The van der Waals surface area contributed by atoms with E-state index in [1.54, 1.807) is 0 Å². The lowest BCUT2D eigenvalue weighted by Crippen LogP contribution is -2.26. The number of nitrogens with zero attached hydrogens (tertiary/aromatic N) is 2. The molecular weight excluding hydrogens is 300 g/mol. The first kappa shape index (κ1) is 15.1. The number of nitrogen functional groups attached to an aromatic ring is 1. The second-order valence-corrected chi connectivity index (χ2v) is 6.71. The van der Waals surface area contributed by atoms with Crippen molar-refractivity contribution in [2.24, 2.45) is 5.73 Å². The van der Waals surface area contributed by atoms with E-state index in [1.807, 2.05) is 6.07 Å². The van der Waals surface area contributed by atoms with Gasteiger partial charge in [-0.2, -0.15) is 0 Å². The fraction of sp³-hybridized carbons (Fsp3) is 0.467. The molecule has 0 radical (unpaired) electrons. The van der Waals surface area contributed by atoms with E-state index < -0.39 is 5.97 Å². The molecule has 22 heavy (non-hydrogen) atoms. The highest BCUT2D eigenvalue weighted by Crippen LogP contribution is 2.37. The second-order valence-electron chi connectivity index (χ2n) is 5.71. The maximum atomic E-state index is 11.3. The number of aromatic carboxylic acids is 1. The van der Waals surface area contributed by atoms with Gasteiger partial charge in [0.2, 0.25) is 0 Å². The molecule has 1 aliphatic rings. The third-order valence-corrected chi connectivity index (χ3v) is 5.12. The maximum Gasteiger partial charge on any atom is 0.348 e. The van der Waals surface area contributed by atoms with Crippen molar-refractivity contribution < 1.29 is 9.90 Å². The van der Waals surface area contributed by atoms with Gasteiger partial charge in [0.25, 0.3) is 0 Å². The number of rotatable bonds is 4. The molecule has 3 rings (SSSR count). The highest BCUT2D eigenvalue weighted by atomic mass is 32.1. The minimum Gasteiger partial charge on any atom is -0.477 e. The highest BCUT2D eigenvalue weighted by molar-refractivity contribution is 7.21. The molecule has 6 nitrogen and oxygen atoms in total. The van der Waals surface area contributed by atoms with Crippen LogP contribution < -0.4 is 16.4 Å².